The SMILES string of the molecule is N=C(N)c1ccc2[nH]c(-c3cc(-c4ccc(C(F)(F)F)cc4)ccc3O)cc2c1. The van der Waals surface area contributed by atoms with E-state index >= 15 is 0 Å². The van der Waals surface area contributed by atoms with Crippen molar-refractivity contribution in [1.29, 1.82) is 5.41 Å². The summed E-state index contributed by atoms with van der Waals surface area (Å²) in [6, 6.07) is 16.9. The zero-order valence-electron chi connectivity index (χ0n) is 15.0. The Labute approximate surface area is 163 Å². The molecule has 0 amide bonds. The van der Waals surface area contributed by atoms with Gasteiger partial charge in [0.1, 0.15) is 11.6 Å². The Bertz CT molecular complexity index is 1220. The van der Waals surface area contributed by atoms with Crippen molar-refractivity contribution in [2.45, 2.75) is 6.18 Å². The largest absolute Gasteiger partial charge is 0.507 e. The number of fused-ring (bicyclic) bond motifs is 1. The van der Waals surface area contributed by atoms with E-state index in [1.54, 1.807) is 30.3 Å². The highest BCUT2D eigenvalue weighted by Gasteiger charge is 2.30. The number of aromatic amines is 1. The number of nitrogen functional groups attached to an aromatic ring is 1. The lowest BCUT2D eigenvalue weighted by Crippen LogP contribution is -2.10. The van der Waals surface area contributed by atoms with Gasteiger partial charge in [0.05, 0.1) is 11.3 Å². The molecule has 0 saturated heterocycles. The van der Waals surface area contributed by atoms with Gasteiger partial charge in [-0.3, -0.25) is 5.41 Å². The number of benzene rings is 3. The Morgan fingerprint density at radius 1 is 0.897 bits per heavy atom. The summed E-state index contributed by atoms with van der Waals surface area (Å²) in [5.41, 5.74) is 8.66. The first kappa shape index (κ1) is 18.6. The molecule has 0 radical (unpaired) electrons. The Balaban J connectivity index is 1.75. The van der Waals surface area contributed by atoms with E-state index in [4.69, 9.17) is 11.1 Å². The second-order valence-corrected chi connectivity index (χ2v) is 6.71. The van der Waals surface area contributed by atoms with Gasteiger partial charge < -0.3 is 15.8 Å². The molecule has 7 heteroatoms. The van der Waals surface area contributed by atoms with E-state index in [1.807, 2.05) is 6.07 Å². The Hall–Kier alpha value is -3.74. The van der Waals surface area contributed by atoms with Gasteiger partial charge in [0.15, 0.2) is 0 Å². The van der Waals surface area contributed by atoms with Crippen LogP contribution in [0.3, 0.4) is 0 Å². The molecule has 4 nitrogen and oxygen atoms in total. The van der Waals surface area contributed by atoms with E-state index < -0.39 is 11.7 Å². The lowest BCUT2D eigenvalue weighted by Gasteiger charge is -2.09. The van der Waals surface area contributed by atoms with Gasteiger partial charge in [-0.1, -0.05) is 18.2 Å². The van der Waals surface area contributed by atoms with E-state index in [0.717, 1.165) is 23.0 Å². The first-order chi connectivity index (χ1) is 13.7. The van der Waals surface area contributed by atoms with E-state index in [9.17, 15) is 18.3 Å². The molecule has 0 aliphatic carbocycles. The molecule has 5 N–H and O–H groups in total. The van der Waals surface area contributed by atoms with Crippen LogP contribution in [0.4, 0.5) is 13.2 Å². The Morgan fingerprint density at radius 2 is 1.59 bits per heavy atom. The lowest BCUT2D eigenvalue weighted by atomic mass is 9.99. The fourth-order valence-electron chi connectivity index (χ4n) is 3.23. The molecule has 0 fully saturated rings. The molecule has 146 valence electrons. The molecule has 0 aliphatic rings. The van der Waals surface area contributed by atoms with Crippen LogP contribution in [0.15, 0.2) is 66.7 Å². The summed E-state index contributed by atoms with van der Waals surface area (Å²) in [7, 11) is 0. The van der Waals surface area contributed by atoms with Gasteiger partial charge in [-0.2, -0.15) is 13.2 Å². The van der Waals surface area contributed by atoms with E-state index in [1.165, 1.54) is 18.2 Å². The van der Waals surface area contributed by atoms with Gasteiger partial charge >= 0.3 is 6.18 Å². The lowest BCUT2D eigenvalue weighted by molar-refractivity contribution is -0.137. The van der Waals surface area contributed by atoms with E-state index in [0.29, 0.717) is 27.9 Å². The summed E-state index contributed by atoms with van der Waals surface area (Å²) >= 11 is 0. The first-order valence-electron chi connectivity index (χ1n) is 8.70. The van der Waals surface area contributed by atoms with Crippen molar-refractivity contribution in [3.8, 4) is 28.1 Å². The fourth-order valence-corrected chi connectivity index (χ4v) is 3.23. The van der Waals surface area contributed by atoms with Crippen LogP contribution in [0, 0.1) is 5.41 Å². The van der Waals surface area contributed by atoms with Gasteiger partial charge in [0.25, 0.3) is 0 Å². The third kappa shape index (κ3) is 3.54. The van der Waals surface area contributed by atoms with Crippen molar-refractivity contribution in [3.63, 3.8) is 0 Å². The maximum absolute atomic E-state index is 12.8. The molecule has 3 aromatic carbocycles. The number of aromatic hydroxyl groups is 1. The average molecular weight is 395 g/mol. The van der Waals surface area contributed by atoms with Crippen LogP contribution in [0.2, 0.25) is 0 Å². The summed E-state index contributed by atoms with van der Waals surface area (Å²) in [6.45, 7) is 0. The van der Waals surface area contributed by atoms with Crippen molar-refractivity contribution in [1.82, 2.24) is 4.98 Å². The highest BCUT2D eigenvalue weighted by atomic mass is 19.4. The third-order valence-corrected chi connectivity index (χ3v) is 4.76. The van der Waals surface area contributed by atoms with Gasteiger partial charge in [0, 0.05) is 22.0 Å². The number of rotatable bonds is 3. The molecule has 0 atom stereocenters. The number of phenols is 1. The van der Waals surface area contributed by atoms with Crippen molar-refractivity contribution < 1.29 is 18.3 Å². The number of aromatic nitrogens is 1. The van der Waals surface area contributed by atoms with Crippen molar-refractivity contribution >= 4 is 16.7 Å². The summed E-state index contributed by atoms with van der Waals surface area (Å²) in [5, 5.41) is 18.7. The Morgan fingerprint density at radius 3 is 2.24 bits per heavy atom. The van der Waals surface area contributed by atoms with Crippen LogP contribution >= 0.6 is 0 Å². The standard InChI is InChI=1S/C22H16F3N3O/c23-22(24,25)16-5-1-12(2-6-16)13-4-8-20(29)17(10-13)19-11-15-9-14(21(26)27)3-7-18(15)28-19/h1-11,28-29H,(H3,26,27). The second kappa shape index (κ2) is 6.70. The van der Waals surface area contributed by atoms with Gasteiger partial charge in [-0.15, -0.1) is 0 Å². The van der Waals surface area contributed by atoms with Gasteiger partial charge in [-0.05, 0) is 59.7 Å². The number of hydrogen-bond donors (Lipinski definition) is 4. The highest BCUT2D eigenvalue weighted by molar-refractivity contribution is 5.99. The van der Waals surface area contributed by atoms with Crippen LogP contribution in [0.25, 0.3) is 33.3 Å². The summed E-state index contributed by atoms with van der Waals surface area (Å²) in [5.74, 6) is 0.000748. The van der Waals surface area contributed by atoms with Crippen LogP contribution in [0.5, 0.6) is 5.75 Å². The summed E-state index contributed by atoms with van der Waals surface area (Å²) in [4.78, 5) is 3.21. The van der Waals surface area contributed by atoms with Crippen molar-refractivity contribution in [2.75, 3.05) is 0 Å². The summed E-state index contributed by atoms with van der Waals surface area (Å²) in [6.07, 6.45) is -4.39. The van der Waals surface area contributed by atoms with Crippen molar-refractivity contribution in [3.05, 3.63) is 77.9 Å². The minimum atomic E-state index is -4.39. The number of phenolic OH excluding ortho intramolecular Hbond substituents is 1. The maximum atomic E-state index is 12.8. The molecule has 0 bridgehead atoms. The topological polar surface area (TPSA) is 85.9 Å². The predicted octanol–water partition coefficient (Wildman–Crippen LogP) is 5.51. The predicted molar refractivity (Wildman–Crippen MR) is 107 cm³/mol. The van der Waals surface area contributed by atoms with Gasteiger partial charge in [-0.25, -0.2) is 0 Å². The molecule has 4 aromatic rings. The minimum Gasteiger partial charge on any atom is -0.507 e. The molecule has 29 heavy (non-hydrogen) atoms. The number of nitrogens with two attached hydrogens (primary N) is 1. The zero-order chi connectivity index (χ0) is 20.8. The molecule has 1 heterocycles. The number of halogens is 3. The molecular formula is C22H16F3N3O. The number of amidine groups is 1. The number of H-pyrrole nitrogens is 1. The molecule has 0 saturated carbocycles. The normalized spacial score (nSPS) is 11.7. The third-order valence-electron chi connectivity index (χ3n) is 4.76. The van der Waals surface area contributed by atoms with Crippen LogP contribution < -0.4 is 5.73 Å². The Kier molecular flexibility index (Phi) is 4.30. The molecule has 1 aromatic heterocycles. The number of nitrogens with one attached hydrogen (secondary N) is 2. The summed E-state index contributed by atoms with van der Waals surface area (Å²) < 4.78 is 38.3. The van der Waals surface area contributed by atoms with Gasteiger partial charge in [0.2, 0.25) is 0 Å². The van der Waals surface area contributed by atoms with E-state index in [-0.39, 0.29) is 11.6 Å². The van der Waals surface area contributed by atoms with Crippen LogP contribution in [0.1, 0.15) is 11.1 Å². The smallest absolute Gasteiger partial charge is 0.416 e. The maximum Gasteiger partial charge on any atom is 0.416 e. The van der Waals surface area contributed by atoms with E-state index in [2.05, 4.69) is 4.98 Å². The van der Waals surface area contributed by atoms with Crippen LogP contribution in [-0.2, 0) is 6.18 Å². The highest BCUT2D eigenvalue weighted by Crippen LogP contribution is 2.36. The molecule has 0 unspecified atom stereocenters. The quantitative estimate of drug-likeness (QED) is 0.272. The minimum absolute atomic E-state index is 0.0400. The zero-order valence-corrected chi connectivity index (χ0v) is 15.0. The molecular weight excluding hydrogens is 379 g/mol. The first-order valence-corrected chi connectivity index (χ1v) is 8.70. The second-order valence-electron chi connectivity index (χ2n) is 6.71. The molecule has 0 aliphatic heterocycles. The monoisotopic (exact) mass is 395 g/mol. The number of alkyl halides is 3. The van der Waals surface area contributed by atoms with Crippen molar-refractivity contribution in [2.24, 2.45) is 5.73 Å². The molecule has 4 rings (SSSR count). The molecule has 0 spiro atoms. The van der Waals surface area contributed by atoms with Crippen LogP contribution in [-0.4, -0.2) is 15.9 Å². The number of hydrogen-bond acceptors (Lipinski definition) is 2. The fraction of sp³-hybridized carbons (Fsp3) is 0.0455. The average Bonchev–Trinajstić information content (AvgIpc) is 3.10.